The molecule has 0 heterocycles. The fourth-order valence-corrected chi connectivity index (χ4v) is 7.99. The summed E-state index contributed by atoms with van der Waals surface area (Å²) in [4.78, 5) is 12.6. The van der Waals surface area contributed by atoms with Gasteiger partial charge in [-0.25, -0.2) is 0 Å². The summed E-state index contributed by atoms with van der Waals surface area (Å²) in [6.07, 6.45) is 10.5. The molecule has 0 radical (unpaired) electrons. The van der Waals surface area contributed by atoms with Crippen molar-refractivity contribution in [1.82, 2.24) is 0 Å². The Bertz CT molecular complexity index is 682. The zero-order valence-electron chi connectivity index (χ0n) is 24.1. The highest BCUT2D eigenvalue weighted by atomic mass is 28.4. The highest BCUT2D eigenvalue weighted by molar-refractivity contribution is 6.74. The third-order valence-electron chi connectivity index (χ3n) is 9.74. The quantitative estimate of drug-likeness (QED) is 0.295. The molecule has 0 aromatic heterocycles. The van der Waals surface area contributed by atoms with E-state index in [1.54, 1.807) is 13.8 Å². The summed E-state index contributed by atoms with van der Waals surface area (Å²) in [7, 11) is -1.83. The lowest BCUT2D eigenvalue weighted by Crippen LogP contribution is -2.50. The van der Waals surface area contributed by atoms with Gasteiger partial charge in [0.2, 0.25) is 0 Å². The van der Waals surface area contributed by atoms with E-state index in [4.69, 9.17) is 4.43 Å². The van der Waals surface area contributed by atoms with Gasteiger partial charge in [0.15, 0.2) is 14.1 Å². The molecule has 2 aliphatic rings. The predicted molar refractivity (Wildman–Crippen MR) is 144 cm³/mol. The number of hydrogen-bond acceptors (Lipinski definition) is 4. The summed E-state index contributed by atoms with van der Waals surface area (Å²) in [6.45, 7) is 21.3. The van der Waals surface area contributed by atoms with Crippen LogP contribution in [0.4, 0.5) is 0 Å². The minimum atomic E-state index is -1.83. The summed E-state index contributed by atoms with van der Waals surface area (Å²) in [5.41, 5.74) is -1.66. The average molecular weight is 497 g/mol. The Hall–Kier alpha value is -0.233. The predicted octanol–water partition coefficient (Wildman–Crippen LogP) is 7.27. The summed E-state index contributed by atoms with van der Waals surface area (Å²) in [5.74, 6) is 1.58. The number of ketones is 1. The Kier molecular flexibility index (Phi) is 9.38. The number of aliphatic hydroxyl groups is 2. The second kappa shape index (κ2) is 10.6. The maximum Gasteiger partial charge on any atom is 0.192 e. The fourth-order valence-electron chi connectivity index (χ4n) is 6.60. The smallest absolute Gasteiger partial charge is 0.192 e. The molecule has 34 heavy (non-hydrogen) atoms. The molecule has 2 saturated carbocycles. The third-order valence-corrected chi connectivity index (χ3v) is 14.2. The van der Waals surface area contributed by atoms with E-state index in [1.807, 2.05) is 13.8 Å². The maximum atomic E-state index is 12.6. The molecule has 0 saturated heterocycles. The fraction of sp³-hybridized carbons (Fsp3) is 0.966. The molecule has 2 aliphatic carbocycles. The molecule has 1 unspecified atom stereocenters. The Balaban J connectivity index is 2.21. The molecule has 0 spiro atoms. The lowest BCUT2D eigenvalue weighted by Gasteiger charge is -2.50. The molecule has 0 aromatic carbocycles. The second-order valence-corrected chi connectivity index (χ2v) is 19.3. The largest absolute Gasteiger partial charge is 0.414 e. The van der Waals surface area contributed by atoms with Crippen LogP contribution in [-0.4, -0.2) is 41.6 Å². The molecule has 5 atom stereocenters. The average Bonchev–Trinajstić information content (AvgIpc) is 2.99. The molecule has 0 bridgehead atoms. The van der Waals surface area contributed by atoms with Crippen LogP contribution in [0.15, 0.2) is 0 Å². The lowest BCUT2D eigenvalue weighted by atomic mass is 9.60. The van der Waals surface area contributed by atoms with Crippen molar-refractivity contribution in [3.05, 3.63) is 0 Å². The van der Waals surface area contributed by atoms with E-state index in [9.17, 15) is 15.0 Å². The van der Waals surface area contributed by atoms with Crippen molar-refractivity contribution in [3.8, 4) is 0 Å². The highest BCUT2D eigenvalue weighted by Gasteiger charge is 2.55. The summed E-state index contributed by atoms with van der Waals surface area (Å²) >= 11 is 0. The Morgan fingerprint density at radius 3 is 2.18 bits per heavy atom. The van der Waals surface area contributed by atoms with Crippen molar-refractivity contribution in [2.45, 2.75) is 155 Å². The van der Waals surface area contributed by atoms with Gasteiger partial charge >= 0.3 is 0 Å². The Morgan fingerprint density at radius 1 is 1.03 bits per heavy atom. The van der Waals surface area contributed by atoms with Gasteiger partial charge in [-0.15, -0.1) is 0 Å². The van der Waals surface area contributed by atoms with Crippen molar-refractivity contribution in [1.29, 1.82) is 0 Å². The minimum absolute atomic E-state index is 0.0533. The van der Waals surface area contributed by atoms with Gasteiger partial charge in [-0.3, -0.25) is 4.79 Å². The molecule has 5 heteroatoms. The molecule has 2 fully saturated rings. The molecule has 2 N–H and O–H groups in total. The third kappa shape index (κ3) is 7.40. The van der Waals surface area contributed by atoms with Gasteiger partial charge < -0.3 is 14.6 Å². The van der Waals surface area contributed by atoms with E-state index in [-0.39, 0.29) is 16.2 Å². The first kappa shape index (κ1) is 30.0. The van der Waals surface area contributed by atoms with Crippen molar-refractivity contribution < 1.29 is 19.4 Å². The summed E-state index contributed by atoms with van der Waals surface area (Å²) in [6, 6.07) is 0. The van der Waals surface area contributed by atoms with Crippen molar-refractivity contribution in [2.75, 3.05) is 0 Å². The molecule has 0 aromatic rings. The van der Waals surface area contributed by atoms with Gasteiger partial charge in [0.25, 0.3) is 0 Å². The van der Waals surface area contributed by atoms with Gasteiger partial charge in [-0.05, 0) is 108 Å². The second-order valence-electron chi connectivity index (χ2n) is 14.6. The Labute approximate surface area is 211 Å². The van der Waals surface area contributed by atoms with Crippen LogP contribution in [0.5, 0.6) is 0 Å². The number of carbonyl (C=O) groups excluding carboxylic acids is 1. The number of carbonyl (C=O) groups is 1. The van der Waals surface area contributed by atoms with Crippen LogP contribution in [-0.2, 0) is 9.22 Å². The van der Waals surface area contributed by atoms with E-state index in [0.717, 1.165) is 25.7 Å². The zero-order chi connectivity index (χ0) is 26.2. The highest BCUT2D eigenvalue weighted by Crippen LogP contribution is 2.60. The molecule has 4 nitrogen and oxygen atoms in total. The van der Waals surface area contributed by atoms with E-state index < -0.39 is 19.5 Å². The first-order valence-electron chi connectivity index (χ1n) is 13.9. The Morgan fingerprint density at radius 2 is 1.65 bits per heavy atom. The van der Waals surface area contributed by atoms with Gasteiger partial charge in [0.05, 0.1) is 5.60 Å². The van der Waals surface area contributed by atoms with Crippen LogP contribution in [0.2, 0.25) is 18.1 Å². The summed E-state index contributed by atoms with van der Waals surface area (Å²) < 4.78 is 7.04. The zero-order valence-corrected chi connectivity index (χ0v) is 25.1. The van der Waals surface area contributed by atoms with Gasteiger partial charge in [-0.2, -0.15) is 0 Å². The molecule has 2 rings (SSSR count). The van der Waals surface area contributed by atoms with Crippen LogP contribution >= 0.6 is 0 Å². The van der Waals surface area contributed by atoms with E-state index in [1.165, 1.54) is 32.1 Å². The molecule has 0 aliphatic heterocycles. The standard InChI is InChI=1S/C29H56O4Si/c1-26(2,3)34(9,10)33-24-14-12-20-29(8)22(16-17-23(24)29)21(13-11-19-27(4,5)31)15-18-25(30)28(6,7)32/h21-24,31-32H,11-20H2,1-10H3/t21?,22-,23-,24+,29-/m1/s1. The van der Waals surface area contributed by atoms with Crippen molar-refractivity contribution >= 4 is 14.1 Å². The maximum absolute atomic E-state index is 12.6. The van der Waals surface area contributed by atoms with Crippen LogP contribution in [0.25, 0.3) is 0 Å². The van der Waals surface area contributed by atoms with Gasteiger partial charge in [0.1, 0.15) is 5.60 Å². The lowest BCUT2D eigenvalue weighted by molar-refractivity contribution is -0.134. The van der Waals surface area contributed by atoms with Crippen LogP contribution in [0, 0.1) is 23.2 Å². The van der Waals surface area contributed by atoms with Crippen molar-refractivity contribution in [3.63, 3.8) is 0 Å². The molecule has 200 valence electrons. The monoisotopic (exact) mass is 496 g/mol. The normalized spacial score (nSPS) is 29.7. The minimum Gasteiger partial charge on any atom is -0.414 e. The van der Waals surface area contributed by atoms with Crippen LogP contribution < -0.4 is 0 Å². The topological polar surface area (TPSA) is 66.8 Å². The number of hydrogen-bond donors (Lipinski definition) is 2. The number of Topliss-reactive ketones (excluding diaryl/α,β-unsaturated/α-hetero) is 1. The van der Waals surface area contributed by atoms with E-state index in [2.05, 4.69) is 40.8 Å². The van der Waals surface area contributed by atoms with Crippen LogP contribution in [0.3, 0.4) is 0 Å². The molecular formula is C29H56O4Si. The summed E-state index contributed by atoms with van der Waals surface area (Å²) in [5, 5.41) is 20.7. The van der Waals surface area contributed by atoms with Crippen molar-refractivity contribution in [2.24, 2.45) is 23.2 Å². The van der Waals surface area contributed by atoms with Crippen LogP contribution in [0.1, 0.15) is 120 Å². The number of rotatable bonds is 11. The SMILES string of the molecule is CC(C)(O)CCCC(CCC(=O)C(C)(C)O)[C@H]1CC[C@@H]2[C@@H](O[Si](C)(C)C(C)(C)C)CCC[C@]12C. The van der Waals surface area contributed by atoms with E-state index >= 15 is 0 Å². The van der Waals surface area contributed by atoms with Gasteiger partial charge in [-0.1, -0.05) is 47.0 Å². The first-order valence-corrected chi connectivity index (χ1v) is 16.8. The first-order chi connectivity index (χ1) is 15.3. The van der Waals surface area contributed by atoms with Gasteiger partial charge in [0, 0.05) is 12.5 Å². The molecular weight excluding hydrogens is 440 g/mol. The number of fused-ring (bicyclic) bond motifs is 1. The van der Waals surface area contributed by atoms with E-state index in [0.29, 0.717) is 30.3 Å². The molecule has 0 amide bonds.